The lowest BCUT2D eigenvalue weighted by atomic mass is 10.1. The number of ether oxygens (including phenoxy) is 1. The number of rotatable bonds is 12. The molecule has 1 aromatic heterocycles. The zero-order chi connectivity index (χ0) is 24.1. The summed E-state index contributed by atoms with van der Waals surface area (Å²) in [6, 6.07) is 22.6. The number of nitrogens with one attached hydrogen (secondary N) is 1. The van der Waals surface area contributed by atoms with Gasteiger partial charge in [0.1, 0.15) is 0 Å². The summed E-state index contributed by atoms with van der Waals surface area (Å²) >= 11 is 0. The number of hydrogen-bond donors (Lipinski definition) is 1. The number of benzene rings is 2. The number of piperazine rings is 1. The van der Waals surface area contributed by atoms with Crippen molar-refractivity contribution in [3.8, 4) is 0 Å². The first-order chi connectivity index (χ1) is 17.3. The van der Waals surface area contributed by atoms with Crippen LogP contribution in [0.4, 0.5) is 11.4 Å². The molecule has 0 radical (unpaired) electrons. The second-order valence-corrected chi connectivity index (χ2v) is 8.95. The Balaban J connectivity index is 1.16. The summed E-state index contributed by atoms with van der Waals surface area (Å²) in [6.45, 7) is 6.30. The van der Waals surface area contributed by atoms with Gasteiger partial charge in [0.25, 0.3) is 0 Å². The van der Waals surface area contributed by atoms with Crippen LogP contribution in [0, 0.1) is 0 Å². The van der Waals surface area contributed by atoms with Crippen molar-refractivity contribution in [2.24, 2.45) is 0 Å². The molecule has 1 aliphatic rings. The molecule has 1 aliphatic heterocycles. The third-order valence-corrected chi connectivity index (χ3v) is 6.43. The van der Waals surface area contributed by atoms with Gasteiger partial charge < -0.3 is 15.0 Å². The van der Waals surface area contributed by atoms with Crippen LogP contribution in [-0.4, -0.2) is 61.7 Å². The molecule has 6 nitrogen and oxygen atoms in total. The van der Waals surface area contributed by atoms with Gasteiger partial charge in [-0.25, -0.2) is 0 Å². The van der Waals surface area contributed by atoms with Gasteiger partial charge in [0.05, 0.1) is 18.0 Å². The fourth-order valence-corrected chi connectivity index (χ4v) is 4.39. The molecular weight excluding hydrogens is 436 g/mol. The van der Waals surface area contributed by atoms with E-state index in [2.05, 4.69) is 50.4 Å². The Kier molecular flexibility index (Phi) is 9.68. The number of carbonyl (C=O) groups is 1. The maximum Gasteiger partial charge on any atom is 0.224 e. The first kappa shape index (κ1) is 24.9. The molecular formula is C29H36N4O2. The molecule has 1 saturated heterocycles. The quantitative estimate of drug-likeness (QED) is 0.396. The lowest BCUT2D eigenvalue weighted by Crippen LogP contribution is -2.47. The Morgan fingerprint density at radius 2 is 1.54 bits per heavy atom. The van der Waals surface area contributed by atoms with E-state index in [0.29, 0.717) is 19.6 Å². The highest BCUT2D eigenvalue weighted by Crippen LogP contribution is 2.27. The van der Waals surface area contributed by atoms with E-state index in [9.17, 15) is 4.79 Å². The van der Waals surface area contributed by atoms with Crippen molar-refractivity contribution in [1.82, 2.24) is 9.88 Å². The van der Waals surface area contributed by atoms with Crippen molar-refractivity contribution >= 4 is 17.3 Å². The molecule has 0 unspecified atom stereocenters. The number of para-hydroxylation sites is 2. The van der Waals surface area contributed by atoms with E-state index in [1.807, 2.05) is 48.8 Å². The molecule has 1 amide bonds. The molecule has 1 fully saturated rings. The Morgan fingerprint density at radius 1 is 0.829 bits per heavy atom. The van der Waals surface area contributed by atoms with Gasteiger partial charge >= 0.3 is 0 Å². The minimum absolute atomic E-state index is 0.0418. The fourth-order valence-electron chi connectivity index (χ4n) is 4.39. The van der Waals surface area contributed by atoms with Gasteiger partial charge in [0, 0.05) is 58.1 Å². The van der Waals surface area contributed by atoms with Gasteiger partial charge in [-0.2, -0.15) is 0 Å². The Morgan fingerprint density at radius 3 is 2.34 bits per heavy atom. The summed E-state index contributed by atoms with van der Waals surface area (Å²) in [5.74, 6) is 0.0418. The molecule has 6 heteroatoms. The van der Waals surface area contributed by atoms with Crippen molar-refractivity contribution in [3.05, 3.63) is 90.3 Å². The minimum atomic E-state index is 0.0418. The minimum Gasteiger partial charge on any atom is -0.381 e. The van der Waals surface area contributed by atoms with Gasteiger partial charge in [0.2, 0.25) is 5.91 Å². The molecule has 35 heavy (non-hydrogen) atoms. The highest BCUT2D eigenvalue weighted by molar-refractivity contribution is 5.94. The first-order valence-electron chi connectivity index (χ1n) is 12.6. The number of hydrogen-bond acceptors (Lipinski definition) is 5. The van der Waals surface area contributed by atoms with Crippen LogP contribution < -0.4 is 10.2 Å². The molecule has 0 spiro atoms. The van der Waals surface area contributed by atoms with E-state index < -0.39 is 0 Å². The van der Waals surface area contributed by atoms with Crippen molar-refractivity contribution in [1.29, 1.82) is 0 Å². The van der Waals surface area contributed by atoms with Crippen molar-refractivity contribution in [3.63, 3.8) is 0 Å². The Hall–Kier alpha value is -3.22. The molecule has 3 aromatic rings. The van der Waals surface area contributed by atoms with Gasteiger partial charge in [-0.3, -0.25) is 14.7 Å². The zero-order valence-corrected chi connectivity index (χ0v) is 20.4. The van der Waals surface area contributed by atoms with Crippen LogP contribution in [0.25, 0.3) is 0 Å². The van der Waals surface area contributed by atoms with Crippen molar-refractivity contribution < 1.29 is 9.53 Å². The lowest BCUT2D eigenvalue weighted by molar-refractivity contribution is -0.116. The molecule has 4 rings (SSSR count). The highest BCUT2D eigenvalue weighted by atomic mass is 16.5. The van der Waals surface area contributed by atoms with E-state index >= 15 is 0 Å². The van der Waals surface area contributed by atoms with Gasteiger partial charge in [-0.05, 0) is 54.7 Å². The van der Waals surface area contributed by atoms with Crippen LogP contribution in [0.1, 0.15) is 24.0 Å². The van der Waals surface area contributed by atoms with Crippen LogP contribution in [-0.2, 0) is 22.4 Å². The standard InChI is InChI=1S/C29H36N4O2/c34-29(11-6-23-35-24-15-25-7-2-1-3-8-25)31-27-9-4-5-10-28(27)33-21-19-32(20-22-33)18-14-26-12-16-30-17-13-26/h1-5,7-10,12-13,16-17H,6,11,14-15,18-24H2,(H,31,34). The summed E-state index contributed by atoms with van der Waals surface area (Å²) in [7, 11) is 0. The van der Waals surface area contributed by atoms with E-state index in [0.717, 1.165) is 63.4 Å². The Labute approximate surface area is 208 Å². The van der Waals surface area contributed by atoms with Crippen LogP contribution in [0.15, 0.2) is 79.1 Å². The molecule has 0 bridgehead atoms. The number of nitrogens with zero attached hydrogens (tertiary/aromatic N) is 3. The van der Waals surface area contributed by atoms with E-state index in [1.54, 1.807) is 0 Å². The molecule has 0 atom stereocenters. The van der Waals surface area contributed by atoms with E-state index in [1.165, 1.54) is 11.1 Å². The predicted molar refractivity (Wildman–Crippen MR) is 142 cm³/mol. The summed E-state index contributed by atoms with van der Waals surface area (Å²) in [4.78, 5) is 21.6. The maximum atomic E-state index is 12.6. The maximum absolute atomic E-state index is 12.6. The molecule has 0 saturated carbocycles. The summed E-state index contributed by atoms with van der Waals surface area (Å²) in [5.41, 5.74) is 4.61. The smallest absolute Gasteiger partial charge is 0.224 e. The third kappa shape index (κ3) is 8.19. The number of amides is 1. The highest BCUT2D eigenvalue weighted by Gasteiger charge is 2.19. The summed E-state index contributed by atoms with van der Waals surface area (Å²) in [6.07, 6.45) is 6.85. The number of pyridine rings is 1. The van der Waals surface area contributed by atoms with Crippen LogP contribution in [0.2, 0.25) is 0 Å². The first-order valence-corrected chi connectivity index (χ1v) is 12.6. The second kappa shape index (κ2) is 13.6. The van der Waals surface area contributed by atoms with Crippen LogP contribution >= 0.6 is 0 Å². The molecule has 1 N–H and O–H groups in total. The van der Waals surface area contributed by atoms with Crippen LogP contribution in [0.3, 0.4) is 0 Å². The average Bonchev–Trinajstić information content (AvgIpc) is 2.91. The number of anilines is 2. The average molecular weight is 473 g/mol. The zero-order valence-electron chi connectivity index (χ0n) is 20.4. The van der Waals surface area contributed by atoms with Crippen molar-refractivity contribution in [2.45, 2.75) is 25.7 Å². The topological polar surface area (TPSA) is 57.7 Å². The Bertz CT molecular complexity index is 1020. The second-order valence-electron chi connectivity index (χ2n) is 8.95. The van der Waals surface area contributed by atoms with Gasteiger partial charge in [-0.1, -0.05) is 42.5 Å². The lowest BCUT2D eigenvalue weighted by Gasteiger charge is -2.37. The van der Waals surface area contributed by atoms with Gasteiger partial charge in [0.15, 0.2) is 0 Å². The third-order valence-electron chi connectivity index (χ3n) is 6.43. The summed E-state index contributed by atoms with van der Waals surface area (Å²) < 4.78 is 5.72. The normalized spacial score (nSPS) is 14.1. The molecule has 184 valence electrons. The monoisotopic (exact) mass is 472 g/mol. The number of carbonyl (C=O) groups excluding carboxylic acids is 1. The molecule has 2 heterocycles. The molecule has 0 aliphatic carbocycles. The SMILES string of the molecule is O=C(CCCOCCc1ccccc1)Nc1ccccc1N1CCN(CCc2ccncc2)CC1. The van der Waals surface area contributed by atoms with Crippen LogP contribution in [0.5, 0.6) is 0 Å². The van der Waals surface area contributed by atoms with E-state index in [4.69, 9.17) is 4.74 Å². The predicted octanol–water partition coefficient (Wildman–Crippen LogP) is 4.42. The fraction of sp³-hybridized carbons (Fsp3) is 0.379. The van der Waals surface area contributed by atoms with Crippen molar-refractivity contribution in [2.75, 3.05) is 56.2 Å². The summed E-state index contributed by atoms with van der Waals surface area (Å²) in [5, 5.41) is 3.13. The molecule has 2 aromatic carbocycles. The number of aromatic nitrogens is 1. The van der Waals surface area contributed by atoms with Gasteiger partial charge in [-0.15, -0.1) is 0 Å². The largest absolute Gasteiger partial charge is 0.381 e. The van der Waals surface area contributed by atoms with E-state index in [-0.39, 0.29) is 5.91 Å².